The molecule has 0 aliphatic rings. The Morgan fingerprint density at radius 3 is 2.74 bits per heavy atom. The first-order valence-electron chi connectivity index (χ1n) is 6.16. The van der Waals surface area contributed by atoms with Gasteiger partial charge in [0.25, 0.3) is 0 Å². The van der Waals surface area contributed by atoms with Gasteiger partial charge in [-0.25, -0.2) is 4.39 Å². The summed E-state index contributed by atoms with van der Waals surface area (Å²) < 4.78 is 13.1. The molecule has 0 aromatic heterocycles. The van der Waals surface area contributed by atoms with Crippen molar-refractivity contribution in [1.82, 2.24) is 5.32 Å². The van der Waals surface area contributed by atoms with E-state index in [0.717, 1.165) is 11.3 Å². The van der Waals surface area contributed by atoms with Crippen molar-refractivity contribution < 1.29 is 9.18 Å². The largest absolute Gasteiger partial charge is 0.351 e. The first-order valence-corrected chi connectivity index (χ1v) is 7.32. The molecule has 0 heterocycles. The highest BCUT2D eigenvalue weighted by Gasteiger charge is 2.11. The first-order chi connectivity index (χ1) is 8.78. The minimum absolute atomic E-state index is 0.0313. The Kier molecular flexibility index (Phi) is 5.82. The maximum absolute atomic E-state index is 13.1. The van der Waals surface area contributed by atoms with Gasteiger partial charge in [-0.2, -0.15) is 11.8 Å². The molecule has 19 heavy (non-hydrogen) atoms. The monoisotopic (exact) mass is 284 g/mol. The molecule has 0 fully saturated rings. The van der Waals surface area contributed by atoms with E-state index in [0.29, 0.717) is 17.9 Å². The van der Waals surface area contributed by atoms with Crippen LogP contribution in [0.2, 0.25) is 0 Å². The van der Waals surface area contributed by atoms with Crippen molar-refractivity contribution in [2.45, 2.75) is 32.9 Å². The second-order valence-electron chi connectivity index (χ2n) is 5.34. The first kappa shape index (κ1) is 16.0. The summed E-state index contributed by atoms with van der Waals surface area (Å²) in [7, 11) is 0. The highest BCUT2D eigenvalue weighted by Crippen LogP contribution is 2.10. The molecule has 0 aliphatic heterocycles. The summed E-state index contributed by atoms with van der Waals surface area (Å²) in [5, 5.41) is 2.81. The average molecular weight is 284 g/mol. The maximum Gasteiger partial charge on any atom is 0.230 e. The summed E-state index contributed by atoms with van der Waals surface area (Å²) >= 11 is 1.51. The fourth-order valence-electron chi connectivity index (χ4n) is 1.48. The van der Waals surface area contributed by atoms with Gasteiger partial charge in [0.05, 0.1) is 5.75 Å². The van der Waals surface area contributed by atoms with Gasteiger partial charge in [0, 0.05) is 17.8 Å². The molecule has 0 atom stereocenters. The van der Waals surface area contributed by atoms with Crippen LogP contribution in [-0.4, -0.2) is 23.0 Å². The number of nitrogens with one attached hydrogen (secondary N) is 1. The molecule has 1 aromatic carbocycles. The van der Waals surface area contributed by atoms with E-state index in [1.807, 2.05) is 13.8 Å². The van der Waals surface area contributed by atoms with Gasteiger partial charge in [0.2, 0.25) is 5.91 Å². The van der Waals surface area contributed by atoms with Crippen LogP contribution in [0.1, 0.15) is 25.0 Å². The van der Waals surface area contributed by atoms with Crippen LogP contribution in [0.15, 0.2) is 18.2 Å². The molecule has 1 rings (SSSR count). The Hall–Kier alpha value is -1.07. The van der Waals surface area contributed by atoms with Crippen LogP contribution < -0.4 is 11.1 Å². The van der Waals surface area contributed by atoms with E-state index in [-0.39, 0.29) is 17.3 Å². The number of hydrogen-bond acceptors (Lipinski definition) is 3. The van der Waals surface area contributed by atoms with Crippen LogP contribution in [0, 0.1) is 12.7 Å². The van der Waals surface area contributed by atoms with Gasteiger partial charge >= 0.3 is 0 Å². The molecule has 0 bridgehead atoms. The summed E-state index contributed by atoms with van der Waals surface area (Å²) in [6.45, 7) is 5.99. The van der Waals surface area contributed by atoms with Crippen LogP contribution in [0.5, 0.6) is 0 Å². The zero-order valence-corrected chi connectivity index (χ0v) is 12.4. The summed E-state index contributed by atoms with van der Waals surface area (Å²) in [4.78, 5) is 11.6. The molecule has 0 aliphatic carbocycles. The van der Waals surface area contributed by atoms with E-state index in [4.69, 9.17) is 5.73 Å². The summed E-state index contributed by atoms with van der Waals surface area (Å²) in [6, 6.07) is 4.84. The molecular weight excluding hydrogens is 263 g/mol. The number of benzene rings is 1. The zero-order valence-electron chi connectivity index (χ0n) is 11.6. The van der Waals surface area contributed by atoms with E-state index in [2.05, 4.69) is 5.32 Å². The molecular formula is C14H21FN2OS. The lowest BCUT2D eigenvalue weighted by Gasteiger charge is -2.17. The summed E-state index contributed by atoms with van der Waals surface area (Å²) in [6.07, 6.45) is 0. The van der Waals surface area contributed by atoms with Gasteiger partial charge in [-0.3, -0.25) is 4.79 Å². The summed E-state index contributed by atoms with van der Waals surface area (Å²) in [5.74, 6) is 0.865. The van der Waals surface area contributed by atoms with Gasteiger partial charge in [-0.05, 0) is 38.0 Å². The van der Waals surface area contributed by atoms with Gasteiger partial charge < -0.3 is 11.1 Å². The van der Waals surface area contributed by atoms with Crippen molar-refractivity contribution in [3.63, 3.8) is 0 Å². The van der Waals surface area contributed by atoms with Crippen molar-refractivity contribution in [2.75, 3.05) is 11.5 Å². The van der Waals surface area contributed by atoms with Gasteiger partial charge in [-0.1, -0.05) is 12.1 Å². The van der Waals surface area contributed by atoms with Crippen molar-refractivity contribution in [2.24, 2.45) is 5.73 Å². The molecule has 0 unspecified atom stereocenters. The topological polar surface area (TPSA) is 55.1 Å². The Bertz CT molecular complexity index is 444. The number of aryl methyl sites for hydroxylation is 1. The number of hydrogen-bond donors (Lipinski definition) is 2. The quantitative estimate of drug-likeness (QED) is 0.842. The molecule has 0 radical (unpaired) electrons. The third-order valence-electron chi connectivity index (χ3n) is 2.42. The normalized spacial score (nSPS) is 11.4. The standard InChI is InChI=1S/C14H21FN2OS/c1-10-6-11(4-5-12(10)15)7-17-13(18)8-19-9-14(2,3)16/h4-6H,7-9,16H2,1-3H3,(H,17,18). The predicted octanol–water partition coefficient (Wildman–Crippen LogP) is 2.22. The number of carbonyl (C=O) groups is 1. The smallest absolute Gasteiger partial charge is 0.230 e. The van der Waals surface area contributed by atoms with Gasteiger partial charge in [0.1, 0.15) is 5.82 Å². The van der Waals surface area contributed by atoms with Gasteiger partial charge in [0.15, 0.2) is 0 Å². The highest BCUT2D eigenvalue weighted by atomic mass is 32.2. The second-order valence-corrected chi connectivity index (χ2v) is 6.33. The SMILES string of the molecule is Cc1cc(CNC(=O)CSCC(C)(C)N)ccc1F. The molecule has 0 spiro atoms. The Balaban J connectivity index is 2.32. The van der Waals surface area contributed by atoms with Crippen LogP contribution >= 0.6 is 11.8 Å². The van der Waals surface area contributed by atoms with E-state index in [1.165, 1.54) is 17.8 Å². The Morgan fingerprint density at radius 2 is 2.16 bits per heavy atom. The number of nitrogens with two attached hydrogens (primary N) is 1. The lowest BCUT2D eigenvalue weighted by Crippen LogP contribution is -2.35. The minimum Gasteiger partial charge on any atom is -0.351 e. The van der Waals surface area contributed by atoms with Crippen LogP contribution in [-0.2, 0) is 11.3 Å². The predicted molar refractivity (Wildman–Crippen MR) is 78.6 cm³/mol. The molecule has 1 aromatic rings. The molecule has 1 amide bonds. The molecule has 3 nitrogen and oxygen atoms in total. The van der Waals surface area contributed by atoms with E-state index >= 15 is 0 Å². The minimum atomic E-state index is -0.265. The molecule has 3 N–H and O–H groups in total. The van der Waals surface area contributed by atoms with Crippen LogP contribution in [0.3, 0.4) is 0 Å². The maximum atomic E-state index is 13.1. The third kappa shape index (κ3) is 6.59. The fraction of sp³-hybridized carbons (Fsp3) is 0.500. The van der Waals surface area contributed by atoms with Crippen molar-refractivity contribution in [3.8, 4) is 0 Å². The average Bonchev–Trinajstić information content (AvgIpc) is 2.29. The van der Waals surface area contributed by atoms with Gasteiger partial charge in [-0.15, -0.1) is 0 Å². The van der Waals surface area contributed by atoms with Crippen molar-refractivity contribution >= 4 is 17.7 Å². The molecule has 0 saturated heterocycles. The fourth-order valence-corrected chi connectivity index (χ4v) is 2.39. The number of thioether (sulfide) groups is 1. The Morgan fingerprint density at radius 1 is 1.47 bits per heavy atom. The summed E-state index contributed by atoms with van der Waals surface area (Å²) in [5.41, 5.74) is 7.05. The van der Waals surface area contributed by atoms with E-state index in [9.17, 15) is 9.18 Å². The third-order valence-corrected chi connectivity index (χ3v) is 3.83. The van der Waals surface area contributed by atoms with Crippen LogP contribution in [0.4, 0.5) is 4.39 Å². The number of amides is 1. The van der Waals surface area contributed by atoms with E-state index < -0.39 is 0 Å². The zero-order chi connectivity index (χ0) is 14.5. The second kappa shape index (κ2) is 6.91. The van der Waals surface area contributed by atoms with Crippen LogP contribution in [0.25, 0.3) is 0 Å². The molecule has 5 heteroatoms. The molecule has 106 valence electrons. The number of halogens is 1. The van der Waals surface area contributed by atoms with E-state index in [1.54, 1.807) is 19.1 Å². The number of carbonyl (C=O) groups excluding carboxylic acids is 1. The van der Waals surface area contributed by atoms with Crippen molar-refractivity contribution in [1.29, 1.82) is 0 Å². The van der Waals surface area contributed by atoms with Crippen molar-refractivity contribution in [3.05, 3.63) is 35.1 Å². The Labute approximate surface area is 118 Å². The highest BCUT2D eigenvalue weighted by molar-refractivity contribution is 8.00. The lowest BCUT2D eigenvalue weighted by molar-refractivity contribution is -0.118. The number of rotatable bonds is 6. The molecule has 0 saturated carbocycles. The lowest BCUT2D eigenvalue weighted by atomic mass is 10.1.